The van der Waals surface area contributed by atoms with E-state index in [1.807, 2.05) is 0 Å². The van der Waals surface area contributed by atoms with Gasteiger partial charge in [-0.3, -0.25) is 4.79 Å². The highest BCUT2D eigenvalue weighted by Gasteiger charge is 2.31. The third-order valence-electron chi connectivity index (χ3n) is 3.67. The minimum absolute atomic E-state index is 0.0700. The molecule has 0 spiro atoms. The molecule has 1 aliphatic heterocycles. The molecule has 0 aliphatic carbocycles. The Bertz CT molecular complexity index is 812. The number of rotatable bonds is 3. The summed E-state index contributed by atoms with van der Waals surface area (Å²) >= 11 is 6.51. The van der Waals surface area contributed by atoms with E-state index in [1.54, 1.807) is 4.90 Å². The topological polar surface area (TPSA) is 80.2 Å². The van der Waals surface area contributed by atoms with Gasteiger partial charge in [-0.25, -0.2) is 8.42 Å². The predicted molar refractivity (Wildman–Crippen MR) is 86.6 cm³/mol. The van der Waals surface area contributed by atoms with E-state index in [0.29, 0.717) is 18.1 Å². The summed E-state index contributed by atoms with van der Waals surface area (Å²) in [6.45, 7) is 1.24. The van der Waals surface area contributed by atoms with Crippen LogP contribution >= 0.6 is 23.1 Å². The Morgan fingerprint density at radius 2 is 1.78 bits per heavy atom. The highest BCUT2D eigenvalue weighted by Crippen LogP contribution is 2.28. The quantitative estimate of drug-likeness (QED) is 0.828. The molecule has 1 saturated heterocycles. The summed E-state index contributed by atoms with van der Waals surface area (Å²) in [6, 6.07) is 5.81. The first-order valence-corrected chi connectivity index (χ1v) is 9.76. The molecular formula is C14H14ClN3O3S2. The number of carbonyl (C=O) groups is 1. The SMILES string of the molecule is O=C(c1nnsc1S(=O)(=O)c1ccc(Cl)cc1)N1CCCCC1. The second kappa shape index (κ2) is 6.54. The Morgan fingerprint density at radius 3 is 2.43 bits per heavy atom. The average Bonchev–Trinajstić information content (AvgIpc) is 3.06. The molecule has 6 nitrogen and oxygen atoms in total. The summed E-state index contributed by atoms with van der Waals surface area (Å²) in [4.78, 5) is 14.3. The zero-order chi connectivity index (χ0) is 16.4. The van der Waals surface area contributed by atoms with Crippen LogP contribution in [-0.2, 0) is 9.84 Å². The number of aromatic nitrogens is 2. The van der Waals surface area contributed by atoms with Crippen molar-refractivity contribution < 1.29 is 13.2 Å². The molecule has 1 aromatic heterocycles. The van der Waals surface area contributed by atoms with Crippen LogP contribution in [0.2, 0.25) is 5.02 Å². The summed E-state index contributed by atoms with van der Waals surface area (Å²) < 4.78 is 29.0. The summed E-state index contributed by atoms with van der Waals surface area (Å²) in [6.07, 6.45) is 2.92. The van der Waals surface area contributed by atoms with Crippen LogP contribution in [0.1, 0.15) is 29.8 Å². The third-order valence-corrected chi connectivity index (χ3v) is 6.90. The highest BCUT2D eigenvalue weighted by molar-refractivity contribution is 7.93. The summed E-state index contributed by atoms with van der Waals surface area (Å²) in [5.74, 6) is -0.369. The van der Waals surface area contributed by atoms with Crippen molar-refractivity contribution >= 4 is 38.9 Å². The van der Waals surface area contributed by atoms with Gasteiger partial charge in [0.2, 0.25) is 9.84 Å². The Morgan fingerprint density at radius 1 is 1.13 bits per heavy atom. The van der Waals surface area contributed by atoms with E-state index >= 15 is 0 Å². The molecule has 122 valence electrons. The first kappa shape index (κ1) is 16.4. The van der Waals surface area contributed by atoms with Gasteiger partial charge < -0.3 is 4.90 Å². The van der Waals surface area contributed by atoms with E-state index in [0.717, 1.165) is 30.8 Å². The van der Waals surface area contributed by atoms with Crippen molar-refractivity contribution in [3.8, 4) is 0 Å². The van der Waals surface area contributed by atoms with Crippen LogP contribution in [0.15, 0.2) is 33.4 Å². The second-order valence-corrected chi connectivity index (χ2v) is 8.55. The largest absolute Gasteiger partial charge is 0.337 e. The van der Waals surface area contributed by atoms with Gasteiger partial charge in [0.15, 0.2) is 9.90 Å². The van der Waals surface area contributed by atoms with E-state index in [4.69, 9.17) is 11.6 Å². The minimum atomic E-state index is -3.84. The molecule has 3 rings (SSSR count). The van der Waals surface area contributed by atoms with Gasteiger partial charge in [-0.1, -0.05) is 16.1 Å². The van der Waals surface area contributed by atoms with Crippen molar-refractivity contribution in [2.75, 3.05) is 13.1 Å². The third kappa shape index (κ3) is 3.24. The molecule has 2 heterocycles. The van der Waals surface area contributed by atoms with Crippen LogP contribution in [0.3, 0.4) is 0 Å². The van der Waals surface area contributed by atoms with Gasteiger partial charge in [0, 0.05) is 29.6 Å². The smallest absolute Gasteiger partial charge is 0.276 e. The van der Waals surface area contributed by atoms with Crippen LogP contribution in [0.25, 0.3) is 0 Å². The number of halogens is 1. The van der Waals surface area contributed by atoms with Crippen LogP contribution in [0.5, 0.6) is 0 Å². The van der Waals surface area contributed by atoms with Crippen molar-refractivity contribution in [2.45, 2.75) is 28.4 Å². The lowest BCUT2D eigenvalue weighted by Crippen LogP contribution is -2.36. The molecule has 0 saturated carbocycles. The fourth-order valence-corrected chi connectivity index (χ4v) is 4.87. The monoisotopic (exact) mass is 371 g/mol. The average molecular weight is 372 g/mol. The summed E-state index contributed by atoms with van der Waals surface area (Å²) in [5, 5.41) is 4.21. The molecule has 0 N–H and O–H groups in total. The van der Waals surface area contributed by atoms with E-state index in [-0.39, 0.29) is 20.7 Å². The molecule has 23 heavy (non-hydrogen) atoms. The van der Waals surface area contributed by atoms with Crippen LogP contribution in [0, 0.1) is 0 Å². The van der Waals surface area contributed by atoms with Crippen LogP contribution in [0.4, 0.5) is 0 Å². The number of sulfone groups is 1. The lowest BCUT2D eigenvalue weighted by molar-refractivity contribution is 0.0714. The fraction of sp³-hybridized carbons (Fsp3) is 0.357. The predicted octanol–water partition coefficient (Wildman–Crippen LogP) is 2.65. The second-order valence-electron chi connectivity index (χ2n) is 5.22. The summed E-state index contributed by atoms with van der Waals surface area (Å²) in [5.41, 5.74) is -0.0909. The van der Waals surface area contributed by atoms with Gasteiger partial charge in [-0.15, -0.1) is 5.10 Å². The Hall–Kier alpha value is -1.51. The molecule has 9 heteroatoms. The van der Waals surface area contributed by atoms with Crippen LogP contribution < -0.4 is 0 Å². The van der Waals surface area contributed by atoms with Gasteiger partial charge in [0.1, 0.15) is 0 Å². The number of carbonyl (C=O) groups excluding carboxylic acids is 1. The molecule has 0 bridgehead atoms. The molecule has 0 unspecified atom stereocenters. The van der Waals surface area contributed by atoms with Crippen molar-refractivity contribution in [1.82, 2.24) is 14.5 Å². The zero-order valence-electron chi connectivity index (χ0n) is 12.1. The first-order valence-electron chi connectivity index (χ1n) is 7.12. The van der Waals surface area contributed by atoms with E-state index < -0.39 is 9.84 Å². The Balaban J connectivity index is 1.96. The van der Waals surface area contributed by atoms with Gasteiger partial charge in [-0.2, -0.15) is 0 Å². The molecule has 1 fully saturated rings. The van der Waals surface area contributed by atoms with Gasteiger partial charge in [0.05, 0.1) is 4.90 Å². The van der Waals surface area contributed by atoms with Crippen molar-refractivity contribution in [3.05, 3.63) is 35.0 Å². The number of hydrogen-bond acceptors (Lipinski definition) is 6. The molecule has 0 atom stereocenters. The van der Waals surface area contributed by atoms with Crippen molar-refractivity contribution in [2.24, 2.45) is 0 Å². The Kier molecular flexibility index (Phi) is 4.65. The number of amides is 1. The van der Waals surface area contributed by atoms with E-state index in [9.17, 15) is 13.2 Å². The lowest BCUT2D eigenvalue weighted by Gasteiger charge is -2.25. The number of piperidine rings is 1. The van der Waals surface area contributed by atoms with Crippen LogP contribution in [-0.4, -0.2) is 41.9 Å². The molecule has 1 aliphatic rings. The summed E-state index contributed by atoms with van der Waals surface area (Å²) in [7, 11) is -3.84. The fourth-order valence-electron chi connectivity index (χ4n) is 2.46. The molecule has 1 amide bonds. The van der Waals surface area contributed by atoms with Crippen molar-refractivity contribution in [1.29, 1.82) is 0 Å². The van der Waals surface area contributed by atoms with E-state index in [2.05, 4.69) is 9.59 Å². The lowest BCUT2D eigenvalue weighted by atomic mass is 10.1. The maximum absolute atomic E-state index is 12.7. The number of hydrogen-bond donors (Lipinski definition) is 0. The van der Waals surface area contributed by atoms with E-state index in [1.165, 1.54) is 24.3 Å². The maximum atomic E-state index is 12.7. The minimum Gasteiger partial charge on any atom is -0.337 e. The van der Waals surface area contributed by atoms with Gasteiger partial charge in [0.25, 0.3) is 5.91 Å². The highest BCUT2D eigenvalue weighted by atomic mass is 35.5. The number of likely N-dealkylation sites (tertiary alicyclic amines) is 1. The first-order chi connectivity index (χ1) is 11.0. The van der Waals surface area contributed by atoms with Gasteiger partial charge >= 0.3 is 0 Å². The maximum Gasteiger partial charge on any atom is 0.276 e. The van der Waals surface area contributed by atoms with Gasteiger partial charge in [-0.05, 0) is 43.5 Å². The number of benzene rings is 1. The number of nitrogens with zero attached hydrogens (tertiary/aromatic N) is 3. The molecule has 2 aromatic rings. The van der Waals surface area contributed by atoms with Crippen molar-refractivity contribution in [3.63, 3.8) is 0 Å². The molecule has 1 aromatic carbocycles. The normalized spacial score (nSPS) is 15.6. The standard InChI is InChI=1S/C14H14ClN3O3S2/c15-10-4-6-11(7-5-10)23(20,21)14-12(16-17-22-14)13(19)18-8-2-1-3-9-18/h4-7H,1-3,8-9H2. The zero-order valence-corrected chi connectivity index (χ0v) is 14.5. The molecule has 0 radical (unpaired) electrons. The molecular weight excluding hydrogens is 358 g/mol. The Labute approximate surface area is 143 Å².